The Bertz CT molecular complexity index is 680. The van der Waals surface area contributed by atoms with Gasteiger partial charge in [-0.05, 0) is 37.0 Å². The second kappa shape index (κ2) is 10.2. The number of rotatable bonds is 7. The van der Waals surface area contributed by atoms with Gasteiger partial charge in [0.05, 0.1) is 0 Å². The minimum absolute atomic E-state index is 0.0155. The number of halogens is 2. The van der Waals surface area contributed by atoms with E-state index in [1.165, 1.54) is 11.0 Å². The first-order valence-electron chi connectivity index (χ1n) is 9.20. The molecule has 0 saturated heterocycles. The van der Waals surface area contributed by atoms with Crippen molar-refractivity contribution in [3.63, 3.8) is 0 Å². The molecule has 2 rings (SSSR count). The highest BCUT2D eigenvalue weighted by atomic mass is 19.1. The second-order valence-corrected chi connectivity index (χ2v) is 6.60. The summed E-state index contributed by atoms with van der Waals surface area (Å²) in [7, 11) is 3.35. The fraction of sp³-hybridized carbons (Fsp3) is 0.579. The van der Waals surface area contributed by atoms with Crippen molar-refractivity contribution in [2.45, 2.75) is 26.3 Å². The van der Waals surface area contributed by atoms with E-state index in [1.54, 1.807) is 14.1 Å². The van der Waals surface area contributed by atoms with Crippen molar-refractivity contribution in [2.75, 3.05) is 46.9 Å². The van der Waals surface area contributed by atoms with E-state index in [0.717, 1.165) is 12.5 Å². The van der Waals surface area contributed by atoms with Crippen molar-refractivity contribution < 1.29 is 18.3 Å². The molecule has 0 spiro atoms. The summed E-state index contributed by atoms with van der Waals surface area (Å²) in [6.45, 7) is 4.78. The van der Waals surface area contributed by atoms with Gasteiger partial charge in [-0.1, -0.05) is 0 Å². The van der Waals surface area contributed by atoms with Crippen LogP contribution in [-0.4, -0.2) is 68.6 Å². The molecular formula is C19H28F2N4O2. The smallest absolute Gasteiger partial charge is 0.243 e. The molecule has 1 aromatic rings. The Hall–Kier alpha value is -2.22. The van der Waals surface area contributed by atoms with Crippen molar-refractivity contribution in [2.24, 2.45) is 4.99 Å². The number of carbonyl (C=O) groups is 1. The number of nitrogens with zero attached hydrogens (tertiary/aromatic N) is 3. The molecule has 0 saturated carbocycles. The number of hydrogen-bond donors (Lipinski definition) is 1. The van der Waals surface area contributed by atoms with Gasteiger partial charge in [-0.3, -0.25) is 4.79 Å². The lowest BCUT2D eigenvalue weighted by Gasteiger charge is -2.32. The predicted octanol–water partition coefficient (Wildman–Crippen LogP) is 1.78. The number of benzene rings is 1. The molecule has 27 heavy (non-hydrogen) atoms. The van der Waals surface area contributed by atoms with E-state index in [-0.39, 0.29) is 12.5 Å². The molecule has 1 aliphatic heterocycles. The SMILES string of the molecule is CCOCCCNC(=NCC(=O)N(C)C)N1CCc2c(F)cc(F)cc2C1. The number of fused-ring (bicyclic) bond motifs is 1. The Morgan fingerprint density at radius 3 is 2.85 bits per heavy atom. The van der Waals surface area contributed by atoms with Crippen LogP contribution in [0.5, 0.6) is 0 Å². The molecule has 1 aromatic carbocycles. The van der Waals surface area contributed by atoms with Crippen LogP contribution in [0.4, 0.5) is 8.78 Å². The van der Waals surface area contributed by atoms with Crippen LogP contribution in [0, 0.1) is 11.6 Å². The second-order valence-electron chi connectivity index (χ2n) is 6.60. The van der Waals surface area contributed by atoms with Crippen LogP contribution < -0.4 is 5.32 Å². The van der Waals surface area contributed by atoms with E-state index in [2.05, 4.69) is 10.3 Å². The van der Waals surface area contributed by atoms with Crippen molar-refractivity contribution in [1.29, 1.82) is 0 Å². The van der Waals surface area contributed by atoms with E-state index in [1.807, 2.05) is 11.8 Å². The standard InChI is InChI=1S/C19H28F2N4O2/c1-4-27-9-5-7-22-19(23-12-18(26)24(2)3)25-8-6-16-14(13-25)10-15(20)11-17(16)21/h10-11H,4-9,12-13H2,1-3H3,(H,22,23). The van der Waals surface area contributed by atoms with Crippen LogP contribution in [0.15, 0.2) is 17.1 Å². The quantitative estimate of drug-likeness (QED) is 0.444. The average Bonchev–Trinajstić information content (AvgIpc) is 2.62. The van der Waals surface area contributed by atoms with Crippen LogP contribution in [-0.2, 0) is 22.5 Å². The fourth-order valence-electron chi connectivity index (χ4n) is 2.86. The summed E-state index contributed by atoms with van der Waals surface area (Å²) < 4.78 is 32.9. The number of guanidine groups is 1. The van der Waals surface area contributed by atoms with E-state index in [4.69, 9.17) is 4.74 Å². The molecule has 1 amide bonds. The molecule has 0 unspecified atom stereocenters. The number of ether oxygens (including phenoxy) is 1. The third-order valence-electron chi connectivity index (χ3n) is 4.36. The zero-order valence-corrected chi connectivity index (χ0v) is 16.2. The van der Waals surface area contributed by atoms with Gasteiger partial charge >= 0.3 is 0 Å². The minimum Gasteiger partial charge on any atom is -0.382 e. The first-order valence-corrected chi connectivity index (χ1v) is 9.20. The summed E-state index contributed by atoms with van der Waals surface area (Å²) in [5.74, 6) is -0.634. The first-order chi connectivity index (χ1) is 12.9. The maximum atomic E-state index is 14.0. The van der Waals surface area contributed by atoms with Gasteiger partial charge in [-0.15, -0.1) is 0 Å². The van der Waals surface area contributed by atoms with E-state index >= 15 is 0 Å². The Balaban J connectivity index is 2.09. The van der Waals surface area contributed by atoms with Crippen LogP contribution >= 0.6 is 0 Å². The molecule has 0 fully saturated rings. The van der Waals surface area contributed by atoms with Gasteiger partial charge in [0.25, 0.3) is 0 Å². The van der Waals surface area contributed by atoms with E-state index in [9.17, 15) is 13.6 Å². The molecule has 1 heterocycles. The third-order valence-corrected chi connectivity index (χ3v) is 4.36. The van der Waals surface area contributed by atoms with Crippen molar-refractivity contribution in [3.8, 4) is 0 Å². The number of nitrogens with one attached hydrogen (secondary N) is 1. The molecule has 0 atom stereocenters. The van der Waals surface area contributed by atoms with Crippen LogP contribution in [0.1, 0.15) is 24.5 Å². The van der Waals surface area contributed by atoms with Gasteiger partial charge in [-0.2, -0.15) is 0 Å². The van der Waals surface area contributed by atoms with Gasteiger partial charge in [0.15, 0.2) is 5.96 Å². The summed E-state index contributed by atoms with van der Waals surface area (Å²) >= 11 is 0. The molecule has 1 N–H and O–H groups in total. The number of hydrogen-bond acceptors (Lipinski definition) is 3. The fourth-order valence-corrected chi connectivity index (χ4v) is 2.86. The number of amides is 1. The molecule has 0 radical (unpaired) electrons. The minimum atomic E-state index is -0.584. The van der Waals surface area contributed by atoms with Crippen molar-refractivity contribution in [3.05, 3.63) is 34.9 Å². The number of carbonyl (C=O) groups excluding carboxylic acids is 1. The number of likely N-dealkylation sites (N-methyl/N-ethyl adjacent to an activating group) is 1. The Labute approximate surface area is 159 Å². The van der Waals surface area contributed by atoms with E-state index < -0.39 is 11.6 Å². The summed E-state index contributed by atoms with van der Waals surface area (Å²) in [5.41, 5.74) is 1.16. The summed E-state index contributed by atoms with van der Waals surface area (Å²) in [6.07, 6.45) is 1.25. The normalized spacial score (nSPS) is 14.1. The van der Waals surface area contributed by atoms with Crippen LogP contribution in [0.3, 0.4) is 0 Å². The lowest BCUT2D eigenvalue weighted by atomic mass is 9.99. The van der Waals surface area contributed by atoms with Crippen molar-refractivity contribution in [1.82, 2.24) is 15.1 Å². The third kappa shape index (κ3) is 6.16. The molecule has 150 valence electrons. The molecular weight excluding hydrogens is 354 g/mol. The topological polar surface area (TPSA) is 57.2 Å². The summed E-state index contributed by atoms with van der Waals surface area (Å²) in [6, 6.07) is 2.29. The van der Waals surface area contributed by atoms with Gasteiger partial charge in [0.2, 0.25) is 5.91 Å². The Kier molecular flexibility index (Phi) is 7.97. The highest BCUT2D eigenvalue weighted by Crippen LogP contribution is 2.23. The monoisotopic (exact) mass is 382 g/mol. The predicted molar refractivity (Wildman–Crippen MR) is 101 cm³/mol. The van der Waals surface area contributed by atoms with Crippen molar-refractivity contribution >= 4 is 11.9 Å². The summed E-state index contributed by atoms with van der Waals surface area (Å²) in [4.78, 5) is 19.7. The highest BCUT2D eigenvalue weighted by molar-refractivity contribution is 5.85. The zero-order chi connectivity index (χ0) is 19.8. The zero-order valence-electron chi connectivity index (χ0n) is 16.2. The van der Waals surface area contributed by atoms with Gasteiger partial charge in [-0.25, -0.2) is 13.8 Å². The molecule has 1 aliphatic rings. The lowest BCUT2D eigenvalue weighted by Crippen LogP contribution is -2.45. The molecule has 0 bridgehead atoms. The summed E-state index contributed by atoms with van der Waals surface area (Å²) in [5, 5.41) is 3.24. The van der Waals surface area contributed by atoms with E-state index in [0.29, 0.717) is 56.4 Å². The van der Waals surface area contributed by atoms with Crippen LogP contribution in [0.25, 0.3) is 0 Å². The molecule has 8 heteroatoms. The molecule has 0 aromatic heterocycles. The molecule has 6 nitrogen and oxygen atoms in total. The van der Waals surface area contributed by atoms with Gasteiger partial charge < -0.3 is 19.9 Å². The van der Waals surface area contributed by atoms with Gasteiger partial charge in [0, 0.05) is 53.0 Å². The lowest BCUT2D eigenvalue weighted by molar-refractivity contribution is -0.127. The average molecular weight is 382 g/mol. The first kappa shape index (κ1) is 21.1. The van der Waals surface area contributed by atoms with Gasteiger partial charge in [0.1, 0.15) is 18.2 Å². The number of aliphatic imine (C=N–C) groups is 1. The van der Waals surface area contributed by atoms with Crippen LogP contribution in [0.2, 0.25) is 0 Å². The maximum Gasteiger partial charge on any atom is 0.243 e. The Morgan fingerprint density at radius 1 is 1.37 bits per heavy atom. The molecule has 0 aliphatic carbocycles. The largest absolute Gasteiger partial charge is 0.382 e. The Morgan fingerprint density at radius 2 is 2.15 bits per heavy atom. The maximum absolute atomic E-state index is 14.0. The highest BCUT2D eigenvalue weighted by Gasteiger charge is 2.23.